The molecule has 2 heterocycles. The molecule has 144 valence electrons. The van der Waals surface area contributed by atoms with Gasteiger partial charge in [0.2, 0.25) is 0 Å². The first-order valence-corrected chi connectivity index (χ1v) is 10.9. The number of fused-ring (bicyclic) bond motifs is 1. The number of likely N-dealkylation sites (tertiary alicyclic amines) is 2. The molecule has 1 saturated carbocycles. The average Bonchev–Trinajstić information content (AvgIpc) is 3.10. The van der Waals surface area contributed by atoms with Gasteiger partial charge in [0.15, 0.2) is 0 Å². The highest BCUT2D eigenvalue weighted by Crippen LogP contribution is 2.52. The van der Waals surface area contributed by atoms with Gasteiger partial charge in [0.05, 0.1) is 16.7 Å². The molecular weight excluding hydrogens is 367 g/mol. The maximum absolute atomic E-state index is 6.12. The highest BCUT2D eigenvalue weighted by molar-refractivity contribution is 6.42. The molecule has 0 aromatic heterocycles. The molecule has 3 nitrogen and oxygen atoms in total. The Morgan fingerprint density at radius 2 is 1.73 bits per heavy atom. The molecule has 0 bridgehead atoms. The van der Waals surface area contributed by atoms with Gasteiger partial charge in [-0.1, -0.05) is 35.7 Å². The summed E-state index contributed by atoms with van der Waals surface area (Å²) < 4.78 is 5.99. The van der Waals surface area contributed by atoms with Crippen LogP contribution in [0.15, 0.2) is 18.2 Å². The zero-order valence-electron chi connectivity index (χ0n) is 15.5. The molecule has 2 saturated heterocycles. The molecule has 0 radical (unpaired) electrons. The van der Waals surface area contributed by atoms with Crippen LogP contribution in [0.3, 0.4) is 0 Å². The molecule has 4 rings (SSSR count). The van der Waals surface area contributed by atoms with Crippen molar-refractivity contribution in [2.45, 2.75) is 32.2 Å². The number of hydrogen-bond donors (Lipinski definition) is 0. The van der Waals surface area contributed by atoms with E-state index >= 15 is 0 Å². The summed E-state index contributed by atoms with van der Waals surface area (Å²) in [6, 6.07) is 5.98. The van der Waals surface area contributed by atoms with E-state index in [1.54, 1.807) is 0 Å². The topological polar surface area (TPSA) is 15.7 Å². The number of benzene rings is 1. The lowest BCUT2D eigenvalue weighted by molar-refractivity contribution is 0.0967. The molecular formula is C21H30Cl2N2O. The van der Waals surface area contributed by atoms with E-state index in [0.717, 1.165) is 37.5 Å². The summed E-state index contributed by atoms with van der Waals surface area (Å²) in [5, 5.41) is 1.29. The fraction of sp³-hybridized carbons (Fsp3) is 0.714. The second-order valence-corrected chi connectivity index (χ2v) is 9.08. The zero-order valence-corrected chi connectivity index (χ0v) is 17.0. The summed E-state index contributed by atoms with van der Waals surface area (Å²) in [6.07, 6.45) is 5.36. The Hall–Kier alpha value is -0.320. The lowest BCUT2D eigenvalue weighted by atomic mass is 10.1. The van der Waals surface area contributed by atoms with Crippen molar-refractivity contribution in [1.82, 2.24) is 9.80 Å². The van der Waals surface area contributed by atoms with Gasteiger partial charge < -0.3 is 9.64 Å². The van der Waals surface area contributed by atoms with E-state index in [1.807, 2.05) is 12.1 Å². The van der Waals surface area contributed by atoms with Crippen LogP contribution >= 0.6 is 23.2 Å². The number of rotatable bonds is 8. The largest absolute Gasteiger partial charge is 0.381 e. The van der Waals surface area contributed by atoms with Crippen LogP contribution in [0, 0.1) is 17.8 Å². The monoisotopic (exact) mass is 396 g/mol. The Morgan fingerprint density at radius 1 is 0.962 bits per heavy atom. The van der Waals surface area contributed by atoms with Gasteiger partial charge in [0.25, 0.3) is 0 Å². The molecule has 26 heavy (non-hydrogen) atoms. The van der Waals surface area contributed by atoms with Gasteiger partial charge in [-0.15, -0.1) is 0 Å². The van der Waals surface area contributed by atoms with Crippen molar-refractivity contribution in [3.8, 4) is 0 Å². The molecule has 1 aromatic rings. The van der Waals surface area contributed by atoms with Crippen molar-refractivity contribution in [1.29, 1.82) is 0 Å². The van der Waals surface area contributed by atoms with Crippen LogP contribution in [0.5, 0.6) is 0 Å². The Kier molecular flexibility index (Phi) is 6.43. The highest BCUT2D eigenvalue weighted by Gasteiger charge is 2.55. The normalized spacial score (nSPS) is 29.1. The summed E-state index contributed by atoms with van der Waals surface area (Å²) in [5.74, 6) is 2.50. The fourth-order valence-electron chi connectivity index (χ4n) is 4.80. The summed E-state index contributed by atoms with van der Waals surface area (Å²) in [7, 11) is 0. The molecule has 0 amide bonds. The smallest absolute Gasteiger partial charge is 0.0595 e. The van der Waals surface area contributed by atoms with Gasteiger partial charge in [0.1, 0.15) is 0 Å². The van der Waals surface area contributed by atoms with Crippen molar-refractivity contribution >= 4 is 23.2 Å². The van der Waals surface area contributed by atoms with E-state index in [4.69, 9.17) is 27.9 Å². The van der Waals surface area contributed by atoms with Gasteiger partial charge >= 0.3 is 0 Å². The minimum absolute atomic E-state index is 0.636. The second kappa shape index (κ2) is 8.79. The third-order valence-corrected chi connectivity index (χ3v) is 7.10. The van der Waals surface area contributed by atoms with Crippen LogP contribution in [0.2, 0.25) is 10.0 Å². The first kappa shape index (κ1) is 19.0. The number of piperidine rings is 2. The van der Waals surface area contributed by atoms with Crippen LogP contribution in [0.1, 0.15) is 31.2 Å². The van der Waals surface area contributed by atoms with E-state index in [9.17, 15) is 0 Å². The summed E-state index contributed by atoms with van der Waals surface area (Å²) in [4.78, 5) is 5.14. The van der Waals surface area contributed by atoms with E-state index in [0.29, 0.717) is 10.0 Å². The first-order chi connectivity index (χ1) is 12.7. The van der Waals surface area contributed by atoms with Gasteiger partial charge in [-0.05, 0) is 67.8 Å². The lowest BCUT2D eigenvalue weighted by Crippen LogP contribution is -2.31. The molecule has 0 N–H and O–H groups in total. The third-order valence-electron chi connectivity index (χ3n) is 6.36. The molecule has 2 atom stereocenters. The van der Waals surface area contributed by atoms with Crippen LogP contribution in [-0.4, -0.2) is 55.7 Å². The minimum atomic E-state index is 0.636. The summed E-state index contributed by atoms with van der Waals surface area (Å²) in [5.41, 5.74) is 1.26. The van der Waals surface area contributed by atoms with Crippen LogP contribution in [0.25, 0.3) is 0 Å². The van der Waals surface area contributed by atoms with Crippen molar-refractivity contribution in [3.05, 3.63) is 33.8 Å². The predicted molar refractivity (Wildman–Crippen MR) is 108 cm³/mol. The van der Waals surface area contributed by atoms with E-state index in [2.05, 4.69) is 15.9 Å². The van der Waals surface area contributed by atoms with Gasteiger partial charge in [-0.2, -0.15) is 0 Å². The zero-order chi connectivity index (χ0) is 17.9. The quantitative estimate of drug-likeness (QED) is 0.598. The SMILES string of the molecule is Clc1ccc(CN2CC3C(COCCCN4CCCCC4)C3C2)cc1Cl. The predicted octanol–water partition coefficient (Wildman–Crippen LogP) is 4.56. The molecule has 5 heteroatoms. The number of ether oxygens (including phenoxy) is 1. The van der Waals surface area contributed by atoms with Crippen LogP contribution < -0.4 is 0 Å². The molecule has 1 aromatic carbocycles. The molecule has 1 aliphatic carbocycles. The van der Waals surface area contributed by atoms with Gasteiger partial charge in [-0.25, -0.2) is 0 Å². The molecule has 0 spiro atoms. The third kappa shape index (κ3) is 4.74. The van der Waals surface area contributed by atoms with E-state index < -0.39 is 0 Å². The van der Waals surface area contributed by atoms with Crippen molar-refractivity contribution in [2.75, 3.05) is 45.9 Å². The van der Waals surface area contributed by atoms with E-state index in [1.165, 1.54) is 64.0 Å². The van der Waals surface area contributed by atoms with E-state index in [-0.39, 0.29) is 0 Å². The molecule has 3 fully saturated rings. The lowest BCUT2D eigenvalue weighted by Gasteiger charge is -2.26. The Balaban J connectivity index is 1.09. The maximum Gasteiger partial charge on any atom is 0.0595 e. The average molecular weight is 397 g/mol. The fourth-order valence-corrected chi connectivity index (χ4v) is 5.12. The van der Waals surface area contributed by atoms with Gasteiger partial charge in [0, 0.05) is 32.8 Å². The van der Waals surface area contributed by atoms with Crippen molar-refractivity contribution in [2.24, 2.45) is 17.8 Å². The maximum atomic E-state index is 6.12. The van der Waals surface area contributed by atoms with Crippen LogP contribution in [-0.2, 0) is 11.3 Å². The standard InChI is InChI=1S/C21H30Cl2N2O/c22-20-6-5-16(11-21(20)23)12-25-13-17-18(14-25)19(17)15-26-10-4-9-24-7-2-1-3-8-24/h5-6,11,17-19H,1-4,7-10,12-15H2. The molecule has 2 aliphatic heterocycles. The number of halogens is 2. The van der Waals surface area contributed by atoms with Crippen molar-refractivity contribution < 1.29 is 4.74 Å². The molecule has 3 aliphatic rings. The van der Waals surface area contributed by atoms with Gasteiger partial charge in [-0.3, -0.25) is 4.90 Å². The highest BCUT2D eigenvalue weighted by atomic mass is 35.5. The Morgan fingerprint density at radius 3 is 2.46 bits per heavy atom. The first-order valence-electron chi connectivity index (χ1n) is 10.2. The summed E-state index contributed by atoms with van der Waals surface area (Å²) >= 11 is 12.1. The number of hydrogen-bond acceptors (Lipinski definition) is 3. The number of nitrogens with zero attached hydrogens (tertiary/aromatic N) is 2. The minimum Gasteiger partial charge on any atom is -0.381 e. The summed E-state index contributed by atoms with van der Waals surface area (Å²) in [6.45, 7) is 9.08. The van der Waals surface area contributed by atoms with Crippen LogP contribution in [0.4, 0.5) is 0 Å². The van der Waals surface area contributed by atoms with Crippen molar-refractivity contribution in [3.63, 3.8) is 0 Å². The Bertz CT molecular complexity index is 594. The Labute approximate surface area is 167 Å². The molecule has 2 unspecified atom stereocenters. The second-order valence-electron chi connectivity index (χ2n) is 8.26.